The predicted molar refractivity (Wildman–Crippen MR) is 89.2 cm³/mol. The van der Waals surface area contributed by atoms with Gasteiger partial charge >= 0.3 is 6.18 Å². The number of hydrogen-bond acceptors (Lipinski definition) is 3. The van der Waals surface area contributed by atoms with Crippen molar-refractivity contribution in [3.63, 3.8) is 0 Å². The molecular weight excluding hydrogens is 371 g/mol. The van der Waals surface area contributed by atoms with Gasteiger partial charge in [-0.1, -0.05) is 17.7 Å². The highest BCUT2D eigenvalue weighted by Gasteiger charge is 2.38. The Labute approximate surface area is 152 Å². The first kappa shape index (κ1) is 18.4. The Balaban J connectivity index is 1.85. The van der Waals surface area contributed by atoms with Crippen LogP contribution in [0.1, 0.15) is 28.2 Å². The normalized spacial score (nSPS) is 17.8. The fourth-order valence-electron chi connectivity index (χ4n) is 2.98. The number of nitrogens with zero attached hydrogens (tertiary/aromatic N) is 3. The first-order valence-electron chi connectivity index (χ1n) is 7.83. The molecule has 1 aromatic carbocycles. The van der Waals surface area contributed by atoms with Crippen LogP contribution in [0.2, 0.25) is 5.02 Å². The molecular formula is C17H15ClF3N3O2. The van der Waals surface area contributed by atoms with E-state index < -0.39 is 29.5 Å². The van der Waals surface area contributed by atoms with Crippen LogP contribution in [0.3, 0.4) is 0 Å². The van der Waals surface area contributed by atoms with E-state index in [0.29, 0.717) is 16.4 Å². The first-order valence-corrected chi connectivity index (χ1v) is 8.21. The number of carbonyl (C=O) groups excluding carboxylic acids is 2. The molecule has 26 heavy (non-hydrogen) atoms. The lowest BCUT2D eigenvalue weighted by molar-refractivity contribution is -0.137. The van der Waals surface area contributed by atoms with Crippen molar-refractivity contribution in [2.24, 2.45) is 5.92 Å². The lowest BCUT2D eigenvalue weighted by atomic mass is 10.1. The summed E-state index contributed by atoms with van der Waals surface area (Å²) < 4.78 is 39.8. The van der Waals surface area contributed by atoms with Gasteiger partial charge in [0, 0.05) is 18.7 Å². The van der Waals surface area contributed by atoms with Crippen LogP contribution in [-0.2, 0) is 11.0 Å². The maximum atomic E-state index is 12.9. The number of halogens is 4. The third kappa shape index (κ3) is 3.21. The molecule has 1 atom stereocenters. The maximum Gasteiger partial charge on any atom is 0.416 e. The molecule has 1 aliphatic heterocycles. The van der Waals surface area contributed by atoms with Gasteiger partial charge in [-0.2, -0.15) is 18.3 Å². The molecule has 1 amide bonds. The molecule has 1 saturated heterocycles. The van der Waals surface area contributed by atoms with E-state index in [-0.39, 0.29) is 18.7 Å². The van der Waals surface area contributed by atoms with Crippen molar-refractivity contribution in [1.82, 2.24) is 9.78 Å². The zero-order valence-electron chi connectivity index (χ0n) is 14.0. The Morgan fingerprint density at radius 1 is 1.31 bits per heavy atom. The van der Waals surface area contributed by atoms with E-state index in [1.807, 2.05) is 0 Å². The molecule has 1 aromatic heterocycles. The first-order chi connectivity index (χ1) is 12.1. The number of aromatic nitrogens is 2. The summed E-state index contributed by atoms with van der Waals surface area (Å²) in [6, 6.07) is 4.50. The van der Waals surface area contributed by atoms with Gasteiger partial charge in [-0.25, -0.2) is 4.68 Å². The molecule has 2 heterocycles. The molecule has 1 unspecified atom stereocenters. The minimum Gasteiger partial charge on any atom is -0.312 e. The smallest absolute Gasteiger partial charge is 0.312 e. The van der Waals surface area contributed by atoms with Crippen LogP contribution >= 0.6 is 11.6 Å². The standard InChI is InChI=1S/C17H15ClF3N3O2/c1-9-15(18)10(2)24(22-9)16(26)11-6-14(25)23(8-11)13-5-3-4-12(7-13)17(19,20)21/h3-5,7,11H,6,8H2,1-2H3. The van der Waals surface area contributed by atoms with Gasteiger partial charge in [-0.05, 0) is 32.0 Å². The number of benzene rings is 1. The van der Waals surface area contributed by atoms with Gasteiger partial charge in [0.2, 0.25) is 5.91 Å². The minimum absolute atomic E-state index is 0.00502. The van der Waals surface area contributed by atoms with E-state index in [0.717, 1.165) is 16.8 Å². The molecule has 0 aliphatic carbocycles. The van der Waals surface area contributed by atoms with E-state index in [1.165, 1.54) is 17.0 Å². The van der Waals surface area contributed by atoms with Crippen molar-refractivity contribution in [3.8, 4) is 0 Å². The van der Waals surface area contributed by atoms with E-state index in [2.05, 4.69) is 5.10 Å². The molecule has 2 aromatic rings. The summed E-state index contributed by atoms with van der Waals surface area (Å²) in [5.74, 6) is -1.51. The molecule has 138 valence electrons. The average molecular weight is 386 g/mol. The Bertz CT molecular complexity index is 892. The summed E-state index contributed by atoms with van der Waals surface area (Å²) in [6.07, 6.45) is -4.60. The zero-order valence-corrected chi connectivity index (χ0v) is 14.7. The van der Waals surface area contributed by atoms with Crippen molar-refractivity contribution in [3.05, 3.63) is 46.2 Å². The minimum atomic E-state index is -4.51. The fraction of sp³-hybridized carbons (Fsp3) is 0.353. The van der Waals surface area contributed by atoms with Crippen molar-refractivity contribution in [2.75, 3.05) is 11.4 Å². The van der Waals surface area contributed by atoms with Gasteiger partial charge in [-0.15, -0.1) is 0 Å². The fourth-order valence-corrected chi connectivity index (χ4v) is 3.10. The van der Waals surface area contributed by atoms with Gasteiger partial charge < -0.3 is 4.90 Å². The second-order valence-corrected chi connectivity index (χ2v) is 6.57. The van der Waals surface area contributed by atoms with Crippen molar-refractivity contribution < 1.29 is 22.8 Å². The summed E-state index contributed by atoms with van der Waals surface area (Å²) in [7, 11) is 0. The number of aryl methyl sites for hydroxylation is 1. The van der Waals surface area contributed by atoms with Crippen LogP contribution in [0.4, 0.5) is 18.9 Å². The molecule has 0 radical (unpaired) electrons. The van der Waals surface area contributed by atoms with Crippen molar-refractivity contribution in [1.29, 1.82) is 0 Å². The number of amides is 1. The number of alkyl halides is 3. The lowest BCUT2D eigenvalue weighted by Gasteiger charge is -2.18. The largest absolute Gasteiger partial charge is 0.416 e. The van der Waals surface area contributed by atoms with Gasteiger partial charge in [0.05, 0.1) is 27.9 Å². The molecule has 5 nitrogen and oxygen atoms in total. The number of rotatable bonds is 2. The second-order valence-electron chi connectivity index (χ2n) is 6.19. The van der Waals surface area contributed by atoms with Crippen LogP contribution in [0.5, 0.6) is 0 Å². The molecule has 1 aliphatic rings. The third-order valence-electron chi connectivity index (χ3n) is 4.37. The summed E-state index contributed by atoms with van der Waals surface area (Å²) >= 11 is 6.04. The van der Waals surface area contributed by atoms with Crippen LogP contribution < -0.4 is 4.90 Å². The van der Waals surface area contributed by atoms with Crippen LogP contribution in [0.25, 0.3) is 0 Å². The SMILES string of the molecule is Cc1nn(C(=O)C2CC(=O)N(c3cccc(C(F)(F)F)c3)C2)c(C)c1Cl. The van der Waals surface area contributed by atoms with Crippen molar-refractivity contribution in [2.45, 2.75) is 26.4 Å². The molecule has 0 spiro atoms. The Morgan fingerprint density at radius 2 is 2.00 bits per heavy atom. The van der Waals surface area contributed by atoms with Gasteiger partial charge in [0.1, 0.15) is 0 Å². The highest BCUT2D eigenvalue weighted by Crippen LogP contribution is 2.34. The monoisotopic (exact) mass is 385 g/mol. The van der Waals surface area contributed by atoms with Gasteiger partial charge in [-0.3, -0.25) is 9.59 Å². The molecule has 1 fully saturated rings. The van der Waals surface area contributed by atoms with Crippen molar-refractivity contribution >= 4 is 29.1 Å². The topological polar surface area (TPSA) is 55.2 Å². The Morgan fingerprint density at radius 3 is 2.58 bits per heavy atom. The molecule has 3 rings (SSSR count). The summed E-state index contributed by atoms with van der Waals surface area (Å²) in [5.41, 5.74) is 0.241. The highest BCUT2D eigenvalue weighted by molar-refractivity contribution is 6.32. The predicted octanol–water partition coefficient (Wildman–Crippen LogP) is 3.87. The summed E-state index contributed by atoms with van der Waals surface area (Å²) in [4.78, 5) is 26.1. The number of hydrogen-bond donors (Lipinski definition) is 0. The van der Waals surface area contributed by atoms with Gasteiger partial charge in [0.15, 0.2) is 0 Å². The molecule has 0 saturated carbocycles. The van der Waals surface area contributed by atoms with Crippen LogP contribution in [0.15, 0.2) is 24.3 Å². The van der Waals surface area contributed by atoms with E-state index in [4.69, 9.17) is 11.6 Å². The number of carbonyl (C=O) groups is 2. The zero-order chi connectivity index (χ0) is 19.2. The molecule has 9 heteroatoms. The maximum absolute atomic E-state index is 12.9. The highest BCUT2D eigenvalue weighted by atomic mass is 35.5. The average Bonchev–Trinajstić information content (AvgIpc) is 3.09. The molecule has 0 bridgehead atoms. The third-order valence-corrected chi connectivity index (χ3v) is 4.92. The van der Waals surface area contributed by atoms with Crippen LogP contribution in [-0.4, -0.2) is 28.1 Å². The van der Waals surface area contributed by atoms with Crippen LogP contribution in [0, 0.1) is 19.8 Å². The van der Waals surface area contributed by atoms with E-state index in [9.17, 15) is 22.8 Å². The molecule has 0 N–H and O–H groups in total. The summed E-state index contributed by atoms with van der Waals surface area (Å²) in [6.45, 7) is 3.30. The van der Waals surface area contributed by atoms with E-state index in [1.54, 1.807) is 13.8 Å². The van der Waals surface area contributed by atoms with E-state index >= 15 is 0 Å². The quantitative estimate of drug-likeness (QED) is 0.788. The number of anilines is 1. The summed E-state index contributed by atoms with van der Waals surface area (Å²) in [5, 5.41) is 4.45. The second kappa shape index (κ2) is 6.42. The Hall–Kier alpha value is -2.35. The lowest BCUT2D eigenvalue weighted by Crippen LogP contribution is -2.28. The van der Waals surface area contributed by atoms with Gasteiger partial charge in [0.25, 0.3) is 5.91 Å². The Kier molecular flexibility index (Phi) is 4.56.